The summed E-state index contributed by atoms with van der Waals surface area (Å²) in [5.41, 5.74) is 0.684. The Morgan fingerprint density at radius 1 is 1.07 bits per heavy atom. The summed E-state index contributed by atoms with van der Waals surface area (Å²) in [4.78, 5) is 6.24. The lowest BCUT2D eigenvalue weighted by Gasteiger charge is -2.19. The number of nitrogens with zero attached hydrogens (tertiary/aromatic N) is 2. The number of nitrogens with one attached hydrogen (secondary N) is 2. The van der Waals surface area contributed by atoms with E-state index in [1.54, 1.807) is 26.2 Å². The number of rotatable bonds is 9. The molecular formula is C22H30N4O2S2. The van der Waals surface area contributed by atoms with E-state index in [0.29, 0.717) is 16.4 Å². The minimum absolute atomic E-state index is 0.198. The van der Waals surface area contributed by atoms with Gasteiger partial charge in [-0.1, -0.05) is 36.4 Å². The highest BCUT2D eigenvalue weighted by Crippen LogP contribution is 2.51. The van der Waals surface area contributed by atoms with Gasteiger partial charge in [-0.05, 0) is 43.5 Å². The molecule has 2 aromatic carbocycles. The van der Waals surface area contributed by atoms with Crippen molar-refractivity contribution in [3.05, 3.63) is 60.2 Å². The molecule has 2 N–H and O–H groups in total. The SMILES string of the molecule is CCNC(=NCc1ccccc1S(=O)(=O)N(C)C)NCC1(Sc2ccccc2)CC1. The molecule has 0 bridgehead atoms. The second-order valence-corrected chi connectivity index (χ2v) is 11.2. The largest absolute Gasteiger partial charge is 0.357 e. The minimum Gasteiger partial charge on any atom is -0.357 e. The Kier molecular flexibility index (Phi) is 7.44. The zero-order valence-electron chi connectivity index (χ0n) is 17.8. The number of hydrogen-bond donors (Lipinski definition) is 2. The summed E-state index contributed by atoms with van der Waals surface area (Å²) in [7, 11) is -0.424. The number of hydrogen-bond acceptors (Lipinski definition) is 4. The first-order valence-corrected chi connectivity index (χ1v) is 12.4. The lowest BCUT2D eigenvalue weighted by Crippen LogP contribution is -2.41. The maximum Gasteiger partial charge on any atom is 0.242 e. The number of sulfonamides is 1. The summed E-state index contributed by atoms with van der Waals surface area (Å²) in [6.45, 7) is 3.86. The van der Waals surface area contributed by atoms with Crippen molar-refractivity contribution in [2.45, 2.75) is 40.8 Å². The van der Waals surface area contributed by atoms with Crippen LogP contribution in [0.3, 0.4) is 0 Å². The molecule has 0 heterocycles. The molecule has 6 nitrogen and oxygen atoms in total. The lowest BCUT2D eigenvalue weighted by molar-refractivity contribution is 0.519. The van der Waals surface area contributed by atoms with Gasteiger partial charge in [0.1, 0.15) is 0 Å². The Morgan fingerprint density at radius 3 is 2.37 bits per heavy atom. The number of thioether (sulfide) groups is 1. The molecule has 0 saturated heterocycles. The second kappa shape index (κ2) is 9.85. The van der Waals surface area contributed by atoms with E-state index in [0.717, 1.165) is 13.1 Å². The fourth-order valence-electron chi connectivity index (χ4n) is 3.03. The molecule has 2 aromatic rings. The minimum atomic E-state index is -3.51. The molecule has 30 heavy (non-hydrogen) atoms. The fraction of sp³-hybridized carbons (Fsp3) is 0.409. The van der Waals surface area contributed by atoms with Crippen LogP contribution >= 0.6 is 11.8 Å². The highest BCUT2D eigenvalue weighted by Gasteiger charge is 2.43. The van der Waals surface area contributed by atoms with Gasteiger partial charge in [-0.2, -0.15) is 0 Å². The van der Waals surface area contributed by atoms with E-state index < -0.39 is 10.0 Å². The summed E-state index contributed by atoms with van der Waals surface area (Å²) in [6.07, 6.45) is 2.34. The van der Waals surface area contributed by atoms with Gasteiger partial charge < -0.3 is 10.6 Å². The zero-order valence-corrected chi connectivity index (χ0v) is 19.4. The fourth-order valence-corrected chi connectivity index (χ4v) is 5.38. The predicted molar refractivity (Wildman–Crippen MR) is 124 cm³/mol. The van der Waals surface area contributed by atoms with Gasteiger partial charge >= 0.3 is 0 Å². The third-order valence-electron chi connectivity index (χ3n) is 4.95. The third-order valence-corrected chi connectivity index (χ3v) is 8.36. The molecule has 0 unspecified atom stereocenters. The van der Waals surface area contributed by atoms with Crippen LogP contribution in [-0.4, -0.2) is 50.6 Å². The Bertz CT molecular complexity index is 972. The van der Waals surface area contributed by atoms with Gasteiger partial charge in [-0.25, -0.2) is 17.7 Å². The summed E-state index contributed by atoms with van der Waals surface area (Å²) >= 11 is 1.91. The van der Waals surface area contributed by atoms with Gasteiger partial charge in [0.2, 0.25) is 10.0 Å². The molecule has 0 radical (unpaired) electrons. The van der Waals surface area contributed by atoms with Crippen molar-refractivity contribution < 1.29 is 8.42 Å². The molecule has 3 rings (SSSR count). The normalized spacial score (nSPS) is 15.8. The van der Waals surface area contributed by atoms with Crippen LogP contribution in [0.15, 0.2) is 69.4 Å². The first-order valence-electron chi connectivity index (χ1n) is 10.1. The van der Waals surface area contributed by atoms with E-state index >= 15 is 0 Å². The van der Waals surface area contributed by atoms with E-state index in [-0.39, 0.29) is 11.3 Å². The molecule has 1 fully saturated rings. The van der Waals surface area contributed by atoms with Crippen LogP contribution in [0.1, 0.15) is 25.3 Å². The van der Waals surface area contributed by atoms with Crippen molar-refractivity contribution in [2.24, 2.45) is 4.99 Å². The molecule has 8 heteroatoms. The molecule has 162 valence electrons. The van der Waals surface area contributed by atoms with Crippen LogP contribution in [0, 0.1) is 0 Å². The molecule has 0 aliphatic heterocycles. The Morgan fingerprint density at radius 2 is 1.73 bits per heavy atom. The summed E-state index contributed by atoms with van der Waals surface area (Å²) < 4.78 is 26.6. The highest BCUT2D eigenvalue weighted by atomic mass is 32.2. The van der Waals surface area contributed by atoms with Gasteiger partial charge in [0.05, 0.1) is 11.4 Å². The van der Waals surface area contributed by atoms with Crippen LogP contribution in [0.4, 0.5) is 0 Å². The Balaban J connectivity index is 1.69. The smallest absolute Gasteiger partial charge is 0.242 e. The van der Waals surface area contributed by atoms with Gasteiger partial charge in [-0.15, -0.1) is 11.8 Å². The first kappa shape index (κ1) is 22.7. The summed E-state index contributed by atoms with van der Waals surface area (Å²) in [5.74, 6) is 0.703. The van der Waals surface area contributed by atoms with Crippen molar-refractivity contribution in [2.75, 3.05) is 27.2 Å². The average molecular weight is 447 g/mol. The Hall–Kier alpha value is -2.03. The molecule has 1 aliphatic carbocycles. The second-order valence-electron chi connectivity index (χ2n) is 7.54. The number of guanidine groups is 1. The van der Waals surface area contributed by atoms with Gasteiger partial charge in [0.25, 0.3) is 0 Å². The van der Waals surface area contributed by atoms with Crippen LogP contribution < -0.4 is 10.6 Å². The van der Waals surface area contributed by atoms with Crippen molar-refractivity contribution in [3.63, 3.8) is 0 Å². The van der Waals surface area contributed by atoms with E-state index in [2.05, 4.69) is 39.9 Å². The van der Waals surface area contributed by atoms with Crippen LogP contribution in [-0.2, 0) is 16.6 Å². The molecule has 1 saturated carbocycles. The first-order chi connectivity index (χ1) is 14.4. The summed E-state index contributed by atoms with van der Waals surface area (Å²) in [5, 5.41) is 6.72. The van der Waals surface area contributed by atoms with Gasteiger partial charge in [0, 0.05) is 36.8 Å². The van der Waals surface area contributed by atoms with Crippen LogP contribution in [0.25, 0.3) is 0 Å². The van der Waals surface area contributed by atoms with Crippen LogP contribution in [0.5, 0.6) is 0 Å². The maximum atomic E-state index is 12.6. The standard InChI is InChI=1S/C22H30N4O2S2/c1-4-23-21(25-17-22(14-15-22)29-19-11-6-5-7-12-19)24-16-18-10-8-9-13-20(18)30(27,28)26(2)3/h5-13H,4,14-17H2,1-3H3,(H2,23,24,25). The average Bonchev–Trinajstić information content (AvgIpc) is 3.50. The van der Waals surface area contributed by atoms with Gasteiger partial charge in [0.15, 0.2) is 5.96 Å². The molecule has 0 atom stereocenters. The molecular weight excluding hydrogens is 416 g/mol. The monoisotopic (exact) mass is 446 g/mol. The van der Waals surface area contributed by atoms with E-state index in [1.165, 1.54) is 22.0 Å². The van der Waals surface area contributed by atoms with Crippen molar-refractivity contribution in [1.82, 2.24) is 14.9 Å². The van der Waals surface area contributed by atoms with Crippen molar-refractivity contribution >= 4 is 27.7 Å². The quantitative estimate of drug-likeness (QED) is 0.457. The van der Waals surface area contributed by atoms with Crippen LogP contribution in [0.2, 0.25) is 0 Å². The molecule has 1 aliphatic rings. The molecule has 0 spiro atoms. The van der Waals surface area contributed by atoms with E-state index in [4.69, 9.17) is 0 Å². The number of benzene rings is 2. The third kappa shape index (κ3) is 5.77. The zero-order chi connectivity index (χ0) is 21.6. The predicted octanol–water partition coefficient (Wildman–Crippen LogP) is 3.32. The maximum absolute atomic E-state index is 12.6. The van der Waals surface area contributed by atoms with Gasteiger partial charge in [-0.3, -0.25) is 0 Å². The van der Waals surface area contributed by atoms with Crippen molar-refractivity contribution in [3.8, 4) is 0 Å². The number of aliphatic imine (C=N–C) groups is 1. The lowest BCUT2D eigenvalue weighted by atomic mass is 10.2. The Labute approximate surface area is 184 Å². The van der Waals surface area contributed by atoms with Crippen molar-refractivity contribution in [1.29, 1.82) is 0 Å². The highest BCUT2D eigenvalue weighted by molar-refractivity contribution is 8.01. The van der Waals surface area contributed by atoms with E-state index in [1.807, 2.05) is 36.9 Å². The topological polar surface area (TPSA) is 73.8 Å². The molecule has 0 amide bonds. The molecule has 0 aromatic heterocycles. The van der Waals surface area contributed by atoms with E-state index in [9.17, 15) is 8.42 Å². The summed E-state index contributed by atoms with van der Waals surface area (Å²) in [6, 6.07) is 17.5.